The van der Waals surface area contributed by atoms with Crippen LogP contribution in [0, 0.1) is 10.7 Å². The lowest BCUT2D eigenvalue weighted by atomic mass is 9.91. The number of benzene rings is 4. The van der Waals surface area contributed by atoms with Crippen molar-refractivity contribution < 1.29 is 0 Å². The van der Waals surface area contributed by atoms with E-state index in [9.17, 15) is 5.26 Å². The second-order valence-corrected chi connectivity index (χ2v) is 13.1. The maximum absolute atomic E-state index is 10.2. The van der Waals surface area contributed by atoms with Gasteiger partial charge in [-0.1, -0.05) is 121 Å². The van der Waals surface area contributed by atoms with Gasteiger partial charge in [-0.25, -0.2) is 9.97 Å². The third kappa shape index (κ3) is 5.66. The summed E-state index contributed by atoms with van der Waals surface area (Å²) in [6.07, 6.45) is 4.10. The first-order valence-electron chi connectivity index (χ1n) is 16.7. The molecule has 0 spiro atoms. The molecule has 0 unspecified atom stereocenters. The Labute approximate surface area is 299 Å². The molecule has 0 radical (unpaired) electrons. The van der Waals surface area contributed by atoms with E-state index in [0.29, 0.717) is 0 Å². The summed E-state index contributed by atoms with van der Waals surface area (Å²) in [4.78, 5) is 18.7. The quantitative estimate of drug-likeness (QED) is 0.178. The van der Waals surface area contributed by atoms with E-state index >= 15 is 0 Å². The lowest BCUT2D eigenvalue weighted by Gasteiger charge is -2.13. The summed E-state index contributed by atoms with van der Waals surface area (Å²) in [6.45, 7) is 0. The molecule has 0 atom stereocenters. The summed E-state index contributed by atoms with van der Waals surface area (Å²) >= 11 is 1.15. The molecule has 5 nitrogen and oxygen atoms in total. The van der Waals surface area contributed by atoms with Crippen LogP contribution in [0.5, 0.6) is 0 Å². The van der Waals surface area contributed by atoms with E-state index in [1.165, 1.54) is 0 Å². The first kappa shape index (κ1) is 30.4. The smallest absolute Gasteiger partial charge is 0.138 e. The van der Waals surface area contributed by atoms with Crippen LogP contribution in [0.1, 0.15) is 28.3 Å². The molecule has 0 fully saturated rings. The first-order valence-corrected chi connectivity index (χ1v) is 17.5. The predicted molar refractivity (Wildman–Crippen MR) is 212 cm³/mol. The van der Waals surface area contributed by atoms with Crippen molar-refractivity contribution in [3.63, 3.8) is 0 Å². The van der Waals surface area contributed by atoms with Gasteiger partial charge in [0, 0.05) is 38.8 Å². The highest BCUT2D eigenvalue weighted by molar-refractivity contribution is 8.12. The SMILES string of the molecule is N#CSC1=C(c2ccccc2)c2nc1cc1ccc(cc3nc(cc4[nH]c(c2-c2ccccc2)c(-c2ccccc2)c4-c2ccccc2)C=C3)[nH]1. The topological polar surface area (TPSA) is 81.2 Å². The normalized spacial score (nSPS) is 12.2. The number of thiocyanates is 1. The molecule has 2 N–H and O–H groups in total. The molecule has 0 saturated heterocycles. The molecular formula is C45H29N5S. The minimum atomic E-state index is 0.723. The van der Waals surface area contributed by atoms with Gasteiger partial charge in [-0.3, -0.25) is 0 Å². The number of H-pyrrole nitrogens is 2. The molecule has 51 heavy (non-hydrogen) atoms. The second kappa shape index (κ2) is 13.0. The van der Waals surface area contributed by atoms with Gasteiger partial charge >= 0.3 is 0 Å². The third-order valence-electron chi connectivity index (χ3n) is 9.14. The number of nitrogens with one attached hydrogen (secondary N) is 2. The molecule has 9 rings (SSSR count). The Morgan fingerprint density at radius 2 is 1.04 bits per heavy atom. The van der Waals surface area contributed by atoms with Gasteiger partial charge in [0.2, 0.25) is 0 Å². The maximum Gasteiger partial charge on any atom is 0.138 e. The largest absolute Gasteiger partial charge is 0.355 e. The van der Waals surface area contributed by atoms with Crippen molar-refractivity contribution in [1.29, 1.82) is 5.26 Å². The molecule has 7 aromatic rings. The molecular weight excluding hydrogens is 643 g/mol. The van der Waals surface area contributed by atoms with Crippen molar-refractivity contribution >= 4 is 56.5 Å². The summed E-state index contributed by atoms with van der Waals surface area (Å²) < 4.78 is 0. The molecule has 2 aliphatic heterocycles. The number of aromatic amines is 2. The number of hydrogen-bond donors (Lipinski definition) is 2. The van der Waals surface area contributed by atoms with Gasteiger partial charge in [0.05, 0.1) is 33.2 Å². The van der Waals surface area contributed by atoms with Crippen LogP contribution in [0.15, 0.2) is 152 Å². The summed E-state index contributed by atoms with van der Waals surface area (Å²) in [7, 11) is 0. The summed E-state index contributed by atoms with van der Waals surface area (Å²) in [5.41, 5.74) is 15.0. The fourth-order valence-electron chi connectivity index (χ4n) is 6.99. The van der Waals surface area contributed by atoms with E-state index in [2.05, 4.69) is 112 Å². The van der Waals surface area contributed by atoms with E-state index in [1.807, 2.05) is 66.7 Å². The average molecular weight is 672 g/mol. The van der Waals surface area contributed by atoms with Crippen LogP contribution in [0.25, 0.3) is 78.1 Å². The molecule has 8 bridgehead atoms. The van der Waals surface area contributed by atoms with Crippen molar-refractivity contribution in [3.8, 4) is 38.8 Å². The molecule has 2 aliphatic rings. The van der Waals surface area contributed by atoms with Crippen LogP contribution in [0.2, 0.25) is 0 Å². The Kier molecular flexibility index (Phi) is 7.73. The van der Waals surface area contributed by atoms with Gasteiger partial charge in [0.15, 0.2) is 0 Å². The van der Waals surface area contributed by atoms with Crippen molar-refractivity contribution in [3.05, 3.63) is 180 Å². The lowest BCUT2D eigenvalue weighted by Crippen LogP contribution is -1.93. The zero-order valence-electron chi connectivity index (χ0n) is 27.3. The molecule has 0 amide bonds. The Morgan fingerprint density at radius 1 is 0.510 bits per heavy atom. The number of thioether (sulfide) groups is 1. The van der Waals surface area contributed by atoms with E-state index in [4.69, 9.17) is 9.97 Å². The Morgan fingerprint density at radius 3 is 1.65 bits per heavy atom. The van der Waals surface area contributed by atoms with Crippen molar-refractivity contribution in [2.24, 2.45) is 0 Å². The summed E-state index contributed by atoms with van der Waals surface area (Å²) in [6, 6.07) is 52.1. The highest BCUT2D eigenvalue weighted by Gasteiger charge is 2.28. The van der Waals surface area contributed by atoms with Crippen molar-refractivity contribution in [1.82, 2.24) is 19.9 Å². The molecule has 240 valence electrons. The highest BCUT2D eigenvalue weighted by atomic mass is 32.2. The highest BCUT2D eigenvalue weighted by Crippen LogP contribution is 2.48. The lowest BCUT2D eigenvalue weighted by molar-refractivity contribution is 1.30. The summed E-state index contributed by atoms with van der Waals surface area (Å²) in [5.74, 6) is 0. The zero-order valence-corrected chi connectivity index (χ0v) is 28.2. The van der Waals surface area contributed by atoms with Crippen LogP contribution < -0.4 is 0 Å². The van der Waals surface area contributed by atoms with Gasteiger partial charge in [0.1, 0.15) is 5.40 Å². The standard InChI is InChI=1S/C45H29N5S/c46-28-51-45-38-27-36-24-22-34(48-36)25-33-21-23-35(47-33)26-37-39(29-13-5-1-6-14-29)40(30-15-7-2-8-16-30)43(49-37)41(31-17-9-3-10-18-31)44(50-38)42(45)32-19-11-4-12-20-32/h1-27,48-49H. The third-order valence-corrected chi connectivity index (χ3v) is 9.85. The van der Waals surface area contributed by atoms with E-state index in [-0.39, 0.29) is 0 Å². The molecule has 3 aromatic heterocycles. The fraction of sp³-hybridized carbons (Fsp3) is 0. The number of rotatable bonds is 5. The number of nitrogens with zero attached hydrogens (tertiary/aromatic N) is 3. The minimum Gasteiger partial charge on any atom is -0.355 e. The molecule has 0 saturated carbocycles. The Balaban J connectivity index is 1.57. The van der Waals surface area contributed by atoms with Crippen LogP contribution in [-0.2, 0) is 0 Å². The fourth-order valence-corrected chi connectivity index (χ4v) is 7.61. The first-order chi connectivity index (χ1) is 25.2. The van der Waals surface area contributed by atoms with Crippen molar-refractivity contribution in [2.45, 2.75) is 0 Å². The molecule has 6 heteroatoms. The number of hydrogen-bond acceptors (Lipinski definition) is 4. The van der Waals surface area contributed by atoms with Crippen LogP contribution in [-0.4, -0.2) is 19.9 Å². The van der Waals surface area contributed by atoms with Gasteiger partial charge in [-0.15, -0.1) is 0 Å². The van der Waals surface area contributed by atoms with Gasteiger partial charge in [-0.05, 0) is 76.5 Å². The zero-order chi connectivity index (χ0) is 34.1. The van der Waals surface area contributed by atoms with Gasteiger partial charge in [-0.2, -0.15) is 5.26 Å². The van der Waals surface area contributed by atoms with Crippen LogP contribution >= 0.6 is 11.8 Å². The van der Waals surface area contributed by atoms with E-state index in [0.717, 1.165) is 106 Å². The predicted octanol–water partition coefficient (Wildman–Crippen LogP) is 11.6. The van der Waals surface area contributed by atoms with E-state index < -0.39 is 0 Å². The van der Waals surface area contributed by atoms with Gasteiger partial charge in [0.25, 0.3) is 0 Å². The molecule has 0 aliphatic carbocycles. The van der Waals surface area contributed by atoms with Crippen LogP contribution in [0.4, 0.5) is 0 Å². The Hall–Kier alpha value is -6.68. The monoisotopic (exact) mass is 671 g/mol. The molecule has 5 heterocycles. The number of fused-ring (bicyclic) bond motifs is 8. The number of aromatic nitrogens is 4. The number of nitriles is 1. The minimum absolute atomic E-state index is 0.723. The second-order valence-electron chi connectivity index (χ2n) is 12.3. The van der Waals surface area contributed by atoms with Crippen LogP contribution in [0.3, 0.4) is 0 Å². The molecule has 4 aromatic carbocycles. The average Bonchev–Trinajstić information content (AvgIpc) is 3.97. The van der Waals surface area contributed by atoms with Crippen molar-refractivity contribution in [2.75, 3.05) is 0 Å². The maximum atomic E-state index is 10.2. The Bertz CT molecular complexity index is 2700. The van der Waals surface area contributed by atoms with Gasteiger partial charge < -0.3 is 9.97 Å². The summed E-state index contributed by atoms with van der Waals surface area (Å²) in [5, 5.41) is 12.6. The van der Waals surface area contributed by atoms with E-state index in [1.54, 1.807) is 0 Å².